The lowest BCUT2D eigenvalue weighted by atomic mass is 10.1. The monoisotopic (exact) mass is 562 g/mol. The van der Waals surface area contributed by atoms with E-state index in [1.807, 2.05) is 83.4 Å². The van der Waals surface area contributed by atoms with Crippen LogP contribution in [0.1, 0.15) is 38.8 Å². The molecule has 0 amide bonds. The predicted octanol–water partition coefficient (Wildman–Crippen LogP) is 6.58. The number of rotatable bonds is 10. The first kappa shape index (κ1) is 27.8. The Morgan fingerprint density at radius 2 is 1.43 bits per heavy atom. The minimum atomic E-state index is -0.759. The Bertz CT molecular complexity index is 1620. The molecule has 2 heterocycles. The number of esters is 1. The van der Waals surface area contributed by atoms with Gasteiger partial charge in [0.2, 0.25) is 0 Å². The predicted molar refractivity (Wildman–Crippen MR) is 160 cm³/mol. The molecule has 7 heteroatoms. The number of hydrogen-bond donors (Lipinski definition) is 0. The Labute approximate surface area is 245 Å². The number of benzene rings is 4. The first-order chi connectivity index (χ1) is 20.6. The van der Waals surface area contributed by atoms with Crippen LogP contribution < -0.4 is 0 Å². The van der Waals surface area contributed by atoms with Crippen LogP contribution in [0.2, 0.25) is 0 Å². The second-order valence-corrected chi connectivity index (χ2v) is 10.6. The van der Waals surface area contributed by atoms with Crippen molar-refractivity contribution in [3.05, 3.63) is 137 Å². The Balaban J connectivity index is 1.33. The zero-order valence-corrected chi connectivity index (χ0v) is 23.8. The van der Waals surface area contributed by atoms with Gasteiger partial charge in [-0.25, -0.2) is 9.78 Å². The number of carbonyl (C=O) groups excluding carboxylic acids is 1. The summed E-state index contributed by atoms with van der Waals surface area (Å²) in [6.07, 6.45) is -0.775. The quantitative estimate of drug-likeness (QED) is 0.179. The summed E-state index contributed by atoms with van der Waals surface area (Å²) < 4.78 is 27.5. The molecule has 1 aromatic heterocycles. The van der Waals surface area contributed by atoms with Gasteiger partial charge < -0.3 is 23.5 Å². The number of hydrogen-bond acceptors (Lipinski definition) is 6. The lowest BCUT2D eigenvalue weighted by molar-refractivity contribution is -0.0824. The minimum Gasteiger partial charge on any atom is -0.451 e. The summed E-state index contributed by atoms with van der Waals surface area (Å²) in [6.45, 7) is 5.16. The van der Waals surface area contributed by atoms with Crippen LogP contribution in [0.3, 0.4) is 0 Å². The SMILES string of the molecule is Cc1cc2ncn(C3OC(COCc4ccccc4)C(OCc4ccccc4)C3OC(=O)c3ccccc3)c2cc1C. The van der Waals surface area contributed by atoms with Gasteiger partial charge in [-0.05, 0) is 60.4 Å². The van der Waals surface area contributed by atoms with Crippen LogP contribution in [0.5, 0.6) is 0 Å². The van der Waals surface area contributed by atoms with Crippen molar-refractivity contribution in [2.45, 2.75) is 51.6 Å². The molecule has 4 unspecified atom stereocenters. The zero-order chi connectivity index (χ0) is 28.9. The first-order valence-corrected chi connectivity index (χ1v) is 14.2. The van der Waals surface area contributed by atoms with Gasteiger partial charge in [0.25, 0.3) is 0 Å². The fourth-order valence-electron chi connectivity index (χ4n) is 5.28. The van der Waals surface area contributed by atoms with Crippen LogP contribution in [-0.4, -0.2) is 40.4 Å². The molecule has 1 saturated heterocycles. The van der Waals surface area contributed by atoms with E-state index >= 15 is 0 Å². The highest BCUT2D eigenvalue weighted by Crippen LogP contribution is 2.37. The average molecular weight is 563 g/mol. The summed E-state index contributed by atoms with van der Waals surface area (Å²) in [6, 6.07) is 33.1. The zero-order valence-electron chi connectivity index (χ0n) is 23.8. The number of carbonyl (C=O) groups is 1. The van der Waals surface area contributed by atoms with E-state index in [1.165, 1.54) is 0 Å². The summed E-state index contributed by atoms with van der Waals surface area (Å²) in [5, 5.41) is 0. The van der Waals surface area contributed by atoms with Crippen molar-refractivity contribution in [2.75, 3.05) is 6.61 Å². The van der Waals surface area contributed by atoms with E-state index in [-0.39, 0.29) is 6.61 Å². The molecule has 0 N–H and O–H groups in total. The molecule has 0 spiro atoms. The van der Waals surface area contributed by atoms with Crippen LogP contribution in [0.15, 0.2) is 109 Å². The molecule has 5 aromatic rings. The van der Waals surface area contributed by atoms with E-state index in [4.69, 9.17) is 18.9 Å². The van der Waals surface area contributed by atoms with Crippen molar-refractivity contribution in [1.29, 1.82) is 0 Å². The van der Waals surface area contributed by atoms with Gasteiger partial charge in [0.05, 0.1) is 42.7 Å². The number of ether oxygens (including phenoxy) is 4. The highest BCUT2D eigenvalue weighted by molar-refractivity contribution is 5.89. The summed E-state index contributed by atoms with van der Waals surface area (Å²) in [5.41, 5.74) is 6.58. The third-order valence-corrected chi connectivity index (χ3v) is 7.68. The summed E-state index contributed by atoms with van der Waals surface area (Å²) in [7, 11) is 0. The van der Waals surface area contributed by atoms with Crippen LogP contribution in [0.4, 0.5) is 0 Å². The van der Waals surface area contributed by atoms with Crippen molar-refractivity contribution in [3.8, 4) is 0 Å². The highest BCUT2D eigenvalue weighted by atomic mass is 16.6. The van der Waals surface area contributed by atoms with E-state index in [2.05, 4.69) is 31.0 Å². The molecule has 6 rings (SSSR count). The summed E-state index contributed by atoms with van der Waals surface area (Å²) in [5.74, 6) is -0.440. The molecule has 214 valence electrons. The van der Waals surface area contributed by atoms with E-state index in [0.29, 0.717) is 18.8 Å². The Morgan fingerprint density at radius 1 is 0.810 bits per heavy atom. The maximum atomic E-state index is 13.4. The molecule has 0 aliphatic carbocycles. The number of aromatic nitrogens is 2. The topological polar surface area (TPSA) is 71.8 Å². The van der Waals surface area contributed by atoms with Crippen molar-refractivity contribution < 1.29 is 23.7 Å². The van der Waals surface area contributed by atoms with Gasteiger partial charge in [-0.3, -0.25) is 0 Å². The number of imidazole rings is 1. The molecular formula is C35H34N2O5. The fraction of sp³-hybridized carbons (Fsp3) is 0.257. The first-order valence-electron chi connectivity index (χ1n) is 14.2. The lowest BCUT2D eigenvalue weighted by Crippen LogP contribution is -2.39. The molecule has 4 aromatic carbocycles. The molecule has 1 aliphatic rings. The smallest absolute Gasteiger partial charge is 0.338 e. The summed E-state index contributed by atoms with van der Waals surface area (Å²) >= 11 is 0. The van der Waals surface area contributed by atoms with Gasteiger partial charge in [-0.2, -0.15) is 0 Å². The van der Waals surface area contributed by atoms with Crippen LogP contribution in [-0.2, 0) is 32.2 Å². The van der Waals surface area contributed by atoms with Gasteiger partial charge >= 0.3 is 5.97 Å². The molecule has 1 aliphatic heterocycles. The van der Waals surface area contributed by atoms with Gasteiger partial charge in [0.15, 0.2) is 12.3 Å². The maximum absolute atomic E-state index is 13.4. The maximum Gasteiger partial charge on any atom is 0.338 e. The Hall–Kier alpha value is -4.30. The largest absolute Gasteiger partial charge is 0.451 e. The molecule has 0 bridgehead atoms. The van der Waals surface area contributed by atoms with E-state index < -0.39 is 30.5 Å². The molecule has 0 radical (unpaired) electrons. The van der Waals surface area contributed by atoms with Crippen LogP contribution in [0, 0.1) is 13.8 Å². The second-order valence-electron chi connectivity index (χ2n) is 10.6. The van der Waals surface area contributed by atoms with Crippen molar-refractivity contribution in [2.24, 2.45) is 0 Å². The molecule has 42 heavy (non-hydrogen) atoms. The minimum absolute atomic E-state index is 0.259. The van der Waals surface area contributed by atoms with Gasteiger partial charge in [0.1, 0.15) is 12.2 Å². The van der Waals surface area contributed by atoms with E-state index in [0.717, 1.165) is 33.3 Å². The number of nitrogens with zero attached hydrogens (tertiary/aromatic N) is 2. The molecule has 1 fully saturated rings. The molecule has 4 atom stereocenters. The van der Waals surface area contributed by atoms with Crippen molar-refractivity contribution in [3.63, 3.8) is 0 Å². The third-order valence-electron chi connectivity index (χ3n) is 7.68. The standard InChI is InChI=1S/C35H34N2O5/c1-24-18-29-30(19-25(24)2)37(23-36-29)34-33(42-35(38)28-16-10-5-11-17-28)32(40-21-27-14-8-4-9-15-27)31(41-34)22-39-20-26-12-6-3-7-13-26/h3-19,23,31-34H,20-22H2,1-2H3. The lowest BCUT2D eigenvalue weighted by Gasteiger charge is -2.25. The van der Waals surface area contributed by atoms with Crippen LogP contribution >= 0.6 is 0 Å². The van der Waals surface area contributed by atoms with Gasteiger partial charge in [0, 0.05) is 0 Å². The van der Waals surface area contributed by atoms with Crippen molar-refractivity contribution >= 4 is 17.0 Å². The van der Waals surface area contributed by atoms with E-state index in [1.54, 1.807) is 18.5 Å². The van der Waals surface area contributed by atoms with Crippen molar-refractivity contribution in [1.82, 2.24) is 9.55 Å². The van der Waals surface area contributed by atoms with E-state index in [9.17, 15) is 4.79 Å². The fourth-order valence-corrected chi connectivity index (χ4v) is 5.28. The number of fused-ring (bicyclic) bond motifs is 1. The Morgan fingerprint density at radius 3 is 2.12 bits per heavy atom. The summed E-state index contributed by atoms with van der Waals surface area (Å²) in [4.78, 5) is 18.1. The number of aryl methyl sites for hydroxylation is 2. The average Bonchev–Trinajstić information content (AvgIpc) is 3.57. The second kappa shape index (κ2) is 12.7. The normalized spacial score (nSPS) is 20.1. The van der Waals surface area contributed by atoms with Gasteiger partial charge in [-0.15, -0.1) is 0 Å². The highest BCUT2D eigenvalue weighted by Gasteiger charge is 2.49. The molecular weight excluding hydrogens is 528 g/mol. The Kier molecular flexibility index (Phi) is 8.42. The third kappa shape index (κ3) is 6.14. The van der Waals surface area contributed by atoms with Crippen LogP contribution in [0.25, 0.3) is 11.0 Å². The molecule has 7 nitrogen and oxygen atoms in total. The molecule has 0 saturated carbocycles. The van der Waals surface area contributed by atoms with Gasteiger partial charge in [-0.1, -0.05) is 78.9 Å².